The topological polar surface area (TPSA) is 80.8 Å². The minimum atomic E-state index is -0.731. The van der Waals surface area contributed by atoms with E-state index < -0.39 is 6.04 Å². The highest BCUT2D eigenvalue weighted by atomic mass is 32.1. The van der Waals surface area contributed by atoms with Gasteiger partial charge >= 0.3 is 0 Å². The maximum Gasteiger partial charge on any atom is 0.265 e. The number of ether oxygens (including phenoxy) is 2. The Morgan fingerprint density at radius 2 is 2.00 bits per heavy atom. The molecule has 1 N–H and O–H groups in total. The fraction of sp³-hybridized carbons (Fsp3) is 0.292. The molecule has 2 amide bonds. The molecule has 0 bridgehead atoms. The number of hydrogen-bond donors (Lipinski definition) is 1. The molecule has 0 saturated heterocycles. The van der Waals surface area contributed by atoms with Crippen molar-refractivity contribution in [2.24, 2.45) is 0 Å². The zero-order valence-corrected chi connectivity index (χ0v) is 19.3. The molecule has 0 saturated carbocycles. The Kier molecular flexibility index (Phi) is 6.14. The summed E-state index contributed by atoms with van der Waals surface area (Å²) in [7, 11) is 0. The van der Waals surface area contributed by atoms with Crippen molar-refractivity contribution in [2.45, 2.75) is 33.7 Å². The molecule has 7 nitrogen and oxygen atoms in total. The average molecular weight is 452 g/mol. The molecule has 32 heavy (non-hydrogen) atoms. The van der Waals surface area contributed by atoms with Gasteiger partial charge in [-0.15, -0.1) is 11.3 Å². The minimum absolute atomic E-state index is 0.109. The van der Waals surface area contributed by atoms with Crippen molar-refractivity contribution in [2.75, 3.05) is 23.4 Å². The fourth-order valence-electron chi connectivity index (χ4n) is 3.70. The normalized spacial score (nSPS) is 13.9. The summed E-state index contributed by atoms with van der Waals surface area (Å²) in [6.07, 6.45) is 0. The first-order chi connectivity index (χ1) is 15.4. The molecule has 1 unspecified atom stereocenters. The summed E-state index contributed by atoms with van der Waals surface area (Å²) >= 11 is 1.62. The zero-order chi connectivity index (χ0) is 22.8. The molecule has 1 aromatic heterocycles. The molecule has 8 heteroatoms. The summed E-state index contributed by atoms with van der Waals surface area (Å²) in [5.74, 6) is 0.742. The van der Waals surface area contributed by atoms with Crippen LogP contribution in [0, 0.1) is 13.8 Å². The maximum absolute atomic E-state index is 13.0. The molecule has 4 rings (SSSR count). The second-order valence-corrected chi connectivity index (χ2v) is 8.90. The summed E-state index contributed by atoms with van der Waals surface area (Å²) in [6.45, 7) is 8.07. The Morgan fingerprint density at radius 3 is 2.66 bits per heavy atom. The van der Waals surface area contributed by atoms with Gasteiger partial charge in [-0.05, 0) is 70.2 Å². The average Bonchev–Trinajstić information content (AvgIpc) is 3.12. The van der Waals surface area contributed by atoms with Crippen LogP contribution >= 0.6 is 11.3 Å². The number of hydrogen-bond acceptors (Lipinski definition) is 6. The van der Waals surface area contributed by atoms with Gasteiger partial charge in [-0.25, -0.2) is 4.98 Å². The largest absolute Gasteiger partial charge is 0.494 e. The first-order valence-electron chi connectivity index (χ1n) is 10.4. The van der Waals surface area contributed by atoms with Crippen LogP contribution in [0.5, 0.6) is 11.5 Å². The molecular formula is C24H25N3O4S. The van der Waals surface area contributed by atoms with Crippen LogP contribution in [0.25, 0.3) is 11.3 Å². The Morgan fingerprint density at radius 1 is 1.25 bits per heavy atom. The Bertz CT molecular complexity index is 1160. The van der Waals surface area contributed by atoms with Gasteiger partial charge < -0.3 is 14.8 Å². The number of carbonyl (C=O) groups is 2. The first-order valence-corrected chi connectivity index (χ1v) is 11.3. The van der Waals surface area contributed by atoms with Crippen LogP contribution < -0.4 is 19.7 Å². The lowest BCUT2D eigenvalue weighted by Gasteiger charge is -2.33. The molecule has 0 fully saturated rings. The summed E-state index contributed by atoms with van der Waals surface area (Å²) in [5, 5.41) is 3.85. The molecule has 3 aromatic rings. The minimum Gasteiger partial charge on any atom is -0.494 e. The van der Waals surface area contributed by atoms with Crippen LogP contribution in [0.3, 0.4) is 0 Å². The molecule has 166 valence electrons. The van der Waals surface area contributed by atoms with E-state index >= 15 is 0 Å². The van der Waals surface area contributed by atoms with Gasteiger partial charge in [0.25, 0.3) is 5.91 Å². The molecule has 1 aliphatic rings. The van der Waals surface area contributed by atoms with Crippen molar-refractivity contribution in [1.29, 1.82) is 0 Å². The summed E-state index contributed by atoms with van der Waals surface area (Å²) < 4.78 is 11.1. The number of carbonyl (C=O) groups excluding carboxylic acids is 2. The van der Waals surface area contributed by atoms with Gasteiger partial charge in [0.15, 0.2) is 6.61 Å². The van der Waals surface area contributed by atoms with Crippen LogP contribution in [0.15, 0.2) is 42.5 Å². The second kappa shape index (κ2) is 9.00. The molecule has 1 atom stereocenters. The van der Waals surface area contributed by atoms with Gasteiger partial charge in [0.05, 0.1) is 23.0 Å². The Labute approximate surface area is 191 Å². The lowest BCUT2D eigenvalue weighted by Crippen LogP contribution is -2.49. The molecule has 0 spiro atoms. The van der Waals surface area contributed by atoms with Gasteiger partial charge in [0, 0.05) is 16.1 Å². The van der Waals surface area contributed by atoms with E-state index in [0.29, 0.717) is 23.7 Å². The van der Waals surface area contributed by atoms with E-state index in [2.05, 4.69) is 10.3 Å². The monoisotopic (exact) mass is 451 g/mol. The van der Waals surface area contributed by atoms with Gasteiger partial charge in [0.2, 0.25) is 5.91 Å². The third-order valence-electron chi connectivity index (χ3n) is 5.21. The highest BCUT2D eigenvalue weighted by molar-refractivity contribution is 7.11. The number of nitrogens with zero attached hydrogens (tertiary/aromatic N) is 2. The highest BCUT2D eigenvalue weighted by Crippen LogP contribution is 2.38. The number of benzene rings is 2. The van der Waals surface area contributed by atoms with Crippen LogP contribution in [0.2, 0.25) is 0 Å². The number of aromatic nitrogens is 1. The molecule has 1 aliphatic heterocycles. The number of nitrogens with one attached hydrogen (secondary N) is 1. The van der Waals surface area contributed by atoms with Crippen molar-refractivity contribution < 1.29 is 19.1 Å². The zero-order valence-electron chi connectivity index (χ0n) is 18.5. The highest BCUT2D eigenvalue weighted by Gasteiger charge is 2.33. The van der Waals surface area contributed by atoms with E-state index in [-0.39, 0.29) is 18.4 Å². The van der Waals surface area contributed by atoms with Gasteiger partial charge in [-0.3, -0.25) is 14.5 Å². The molecule has 2 aromatic carbocycles. The standard InChI is InChI=1S/C24H25N3O4S/c1-5-30-19-9-7-18(8-10-19)26-24(29)14(2)27-20-12-17(23-15(3)32-16(4)25-23)6-11-21(20)31-13-22(27)28/h6-12,14H,5,13H2,1-4H3,(H,26,29). The van der Waals surface area contributed by atoms with Crippen LogP contribution in [0.4, 0.5) is 11.4 Å². The third kappa shape index (κ3) is 4.31. The predicted octanol–water partition coefficient (Wildman–Crippen LogP) is 4.58. The Balaban J connectivity index is 1.60. The fourth-order valence-corrected chi connectivity index (χ4v) is 4.55. The third-order valence-corrected chi connectivity index (χ3v) is 6.10. The first kappa shape index (κ1) is 21.8. The van der Waals surface area contributed by atoms with E-state index in [4.69, 9.17) is 9.47 Å². The van der Waals surface area contributed by atoms with Crippen molar-refractivity contribution in [3.63, 3.8) is 0 Å². The second-order valence-electron chi connectivity index (χ2n) is 7.50. The van der Waals surface area contributed by atoms with E-state index in [1.54, 1.807) is 42.5 Å². The summed E-state index contributed by atoms with van der Waals surface area (Å²) in [4.78, 5) is 33.0. The molecular weight excluding hydrogens is 426 g/mol. The number of rotatable bonds is 6. The molecule has 0 radical (unpaired) electrons. The Hall–Kier alpha value is -3.39. The maximum atomic E-state index is 13.0. The lowest BCUT2D eigenvalue weighted by atomic mass is 10.1. The predicted molar refractivity (Wildman–Crippen MR) is 126 cm³/mol. The van der Waals surface area contributed by atoms with E-state index in [9.17, 15) is 9.59 Å². The van der Waals surface area contributed by atoms with Gasteiger partial charge in [0.1, 0.15) is 17.5 Å². The van der Waals surface area contributed by atoms with Crippen molar-refractivity contribution in [1.82, 2.24) is 4.98 Å². The summed E-state index contributed by atoms with van der Waals surface area (Å²) in [6, 6.07) is 12.0. The quantitative estimate of drug-likeness (QED) is 0.593. The van der Waals surface area contributed by atoms with Crippen molar-refractivity contribution in [3.05, 3.63) is 52.3 Å². The van der Waals surface area contributed by atoms with Crippen LogP contribution in [-0.2, 0) is 9.59 Å². The molecule has 2 heterocycles. The lowest BCUT2D eigenvalue weighted by molar-refractivity contribution is -0.125. The number of thiazole rings is 1. The number of fused-ring (bicyclic) bond motifs is 1. The van der Waals surface area contributed by atoms with Crippen molar-refractivity contribution >= 4 is 34.5 Å². The smallest absolute Gasteiger partial charge is 0.265 e. The number of aryl methyl sites for hydroxylation is 2. The van der Waals surface area contributed by atoms with Crippen LogP contribution in [-0.4, -0.2) is 36.1 Å². The summed E-state index contributed by atoms with van der Waals surface area (Å²) in [5.41, 5.74) is 2.96. The number of anilines is 2. The van der Waals surface area contributed by atoms with E-state index in [0.717, 1.165) is 26.9 Å². The van der Waals surface area contributed by atoms with E-state index in [1.807, 2.05) is 39.0 Å². The van der Waals surface area contributed by atoms with Gasteiger partial charge in [-0.1, -0.05) is 0 Å². The van der Waals surface area contributed by atoms with E-state index in [1.165, 1.54) is 4.90 Å². The van der Waals surface area contributed by atoms with Crippen LogP contribution in [0.1, 0.15) is 23.7 Å². The van der Waals surface area contributed by atoms with Crippen molar-refractivity contribution in [3.8, 4) is 22.8 Å². The number of amides is 2. The SMILES string of the molecule is CCOc1ccc(NC(=O)C(C)N2C(=O)COc3ccc(-c4nc(C)sc4C)cc32)cc1. The molecule has 0 aliphatic carbocycles. The van der Waals surface area contributed by atoms with Gasteiger partial charge in [-0.2, -0.15) is 0 Å².